The van der Waals surface area contributed by atoms with Crippen LogP contribution in [0.25, 0.3) is 0 Å². The zero-order valence-corrected chi connectivity index (χ0v) is 18.9. The fraction of sp³-hybridized carbons (Fsp3) is 0.269. The molecule has 0 aromatic heterocycles. The summed E-state index contributed by atoms with van der Waals surface area (Å²) in [4.78, 5) is 28.2. The number of nitro groups is 1. The van der Waals surface area contributed by atoms with Gasteiger partial charge in [-0.25, -0.2) is 4.39 Å². The SMILES string of the molecule is COc1ccc(C(=O)N(c2ccc(F)cc2)C2CCN(Cc3cccc([N+](=O)[O-])c3)CC2)cc1. The van der Waals surface area contributed by atoms with Gasteiger partial charge in [0.15, 0.2) is 0 Å². The minimum Gasteiger partial charge on any atom is -0.497 e. The highest BCUT2D eigenvalue weighted by Crippen LogP contribution is 2.28. The first-order valence-corrected chi connectivity index (χ1v) is 11.1. The molecule has 0 saturated carbocycles. The molecular formula is C26H26FN3O4. The third-order valence-electron chi connectivity index (χ3n) is 6.11. The Morgan fingerprint density at radius 1 is 1.09 bits per heavy atom. The normalized spacial score (nSPS) is 14.5. The van der Waals surface area contributed by atoms with Gasteiger partial charge in [-0.1, -0.05) is 12.1 Å². The van der Waals surface area contributed by atoms with Crippen molar-refractivity contribution in [1.82, 2.24) is 4.90 Å². The van der Waals surface area contributed by atoms with Crippen molar-refractivity contribution in [3.63, 3.8) is 0 Å². The van der Waals surface area contributed by atoms with Crippen molar-refractivity contribution in [1.29, 1.82) is 0 Å². The standard InChI is InChI=1S/C26H26FN3O4/c1-34-25-11-5-20(6-12-25)26(31)29(22-9-7-21(27)8-10-22)23-13-15-28(16-14-23)18-19-3-2-4-24(17-19)30(32)33/h2-12,17,23H,13-16,18H2,1H3. The molecule has 0 radical (unpaired) electrons. The zero-order chi connectivity index (χ0) is 24.1. The summed E-state index contributed by atoms with van der Waals surface area (Å²) < 4.78 is 18.8. The first kappa shape index (κ1) is 23.4. The summed E-state index contributed by atoms with van der Waals surface area (Å²) >= 11 is 0. The van der Waals surface area contributed by atoms with E-state index in [1.165, 1.54) is 18.2 Å². The van der Waals surface area contributed by atoms with Crippen LogP contribution in [0.1, 0.15) is 28.8 Å². The molecular weight excluding hydrogens is 437 g/mol. The first-order valence-electron chi connectivity index (χ1n) is 11.1. The molecule has 0 aliphatic carbocycles. The number of hydrogen-bond donors (Lipinski definition) is 0. The molecule has 1 amide bonds. The number of carbonyl (C=O) groups excluding carboxylic acids is 1. The average Bonchev–Trinajstić information content (AvgIpc) is 2.86. The largest absolute Gasteiger partial charge is 0.497 e. The summed E-state index contributed by atoms with van der Waals surface area (Å²) in [5.74, 6) is 0.165. The lowest BCUT2D eigenvalue weighted by Gasteiger charge is -2.38. The molecule has 3 aromatic carbocycles. The summed E-state index contributed by atoms with van der Waals surface area (Å²) in [6.45, 7) is 2.08. The van der Waals surface area contributed by atoms with E-state index in [1.54, 1.807) is 60.5 Å². The van der Waals surface area contributed by atoms with Crippen LogP contribution in [0.5, 0.6) is 5.75 Å². The molecule has 1 heterocycles. The second-order valence-corrected chi connectivity index (χ2v) is 8.31. The van der Waals surface area contributed by atoms with Gasteiger partial charge in [0.05, 0.1) is 12.0 Å². The van der Waals surface area contributed by atoms with Gasteiger partial charge in [0.1, 0.15) is 11.6 Å². The number of nitro benzene ring substituents is 1. The van der Waals surface area contributed by atoms with Crippen molar-refractivity contribution in [2.45, 2.75) is 25.4 Å². The predicted molar refractivity (Wildman–Crippen MR) is 128 cm³/mol. The lowest BCUT2D eigenvalue weighted by molar-refractivity contribution is -0.384. The van der Waals surface area contributed by atoms with Gasteiger partial charge in [-0.2, -0.15) is 0 Å². The number of methoxy groups -OCH3 is 1. The van der Waals surface area contributed by atoms with Gasteiger partial charge in [-0.15, -0.1) is 0 Å². The molecule has 1 saturated heterocycles. The number of rotatable bonds is 7. The van der Waals surface area contributed by atoms with Gasteiger partial charge in [0, 0.05) is 49.1 Å². The highest BCUT2D eigenvalue weighted by atomic mass is 19.1. The van der Waals surface area contributed by atoms with E-state index in [-0.39, 0.29) is 28.4 Å². The fourth-order valence-corrected chi connectivity index (χ4v) is 4.33. The van der Waals surface area contributed by atoms with Crippen LogP contribution in [-0.4, -0.2) is 42.0 Å². The van der Waals surface area contributed by atoms with Crippen LogP contribution in [0.15, 0.2) is 72.8 Å². The smallest absolute Gasteiger partial charge is 0.269 e. The zero-order valence-electron chi connectivity index (χ0n) is 18.9. The van der Waals surface area contributed by atoms with Crippen molar-refractivity contribution in [3.05, 3.63) is 99.9 Å². The van der Waals surface area contributed by atoms with E-state index in [9.17, 15) is 19.3 Å². The van der Waals surface area contributed by atoms with Crippen LogP contribution < -0.4 is 9.64 Å². The van der Waals surface area contributed by atoms with Crippen molar-refractivity contribution in [3.8, 4) is 5.75 Å². The third kappa shape index (κ3) is 5.40. The number of hydrogen-bond acceptors (Lipinski definition) is 5. The first-order chi connectivity index (χ1) is 16.4. The number of likely N-dealkylation sites (tertiary alicyclic amines) is 1. The van der Waals surface area contributed by atoms with E-state index < -0.39 is 0 Å². The number of amides is 1. The number of halogens is 1. The monoisotopic (exact) mass is 463 g/mol. The van der Waals surface area contributed by atoms with E-state index in [0.29, 0.717) is 23.5 Å². The lowest BCUT2D eigenvalue weighted by atomic mass is 10.00. The van der Waals surface area contributed by atoms with Gasteiger partial charge < -0.3 is 9.64 Å². The molecule has 1 aliphatic heterocycles. The van der Waals surface area contributed by atoms with Crippen LogP contribution in [-0.2, 0) is 6.54 Å². The number of nitrogens with zero attached hydrogens (tertiary/aromatic N) is 3. The van der Waals surface area contributed by atoms with Crippen LogP contribution in [0.2, 0.25) is 0 Å². The van der Waals surface area contributed by atoms with E-state index in [1.807, 2.05) is 6.07 Å². The van der Waals surface area contributed by atoms with Crippen LogP contribution in [0.3, 0.4) is 0 Å². The number of anilines is 1. The van der Waals surface area contributed by atoms with Gasteiger partial charge in [-0.3, -0.25) is 19.8 Å². The number of ether oxygens (including phenoxy) is 1. The summed E-state index contributed by atoms with van der Waals surface area (Å²) in [5.41, 5.74) is 2.15. The maximum absolute atomic E-state index is 13.6. The third-order valence-corrected chi connectivity index (χ3v) is 6.11. The highest BCUT2D eigenvalue weighted by molar-refractivity contribution is 6.06. The van der Waals surface area contributed by atoms with Crippen molar-refractivity contribution >= 4 is 17.3 Å². The Bertz CT molecular complexity index is 1140. The predicted octanol–water partition coefficient (Wildman–Crippen LogP) is 5.05. The van der Waals surface area contributed by atoms with E-state index in [2.05, 4.69) is 4.90 Å². The summed E-state index contributed by atoms with van der Waals surface area (Å²) in [6.07, 6.45) is 1.46. The molecule has 1 fully saturated rings. The summed E-state index contributed by atoms with van der Waals surface area (Å²) in [6, 6.07) is 19.6. The number of carbonyl (C=O) groups is 1. The molecule has 4 rings (SSSR count). The molecule has 0 bridgehead atoms. The molecule has 0 N–H and O–H groups in total. The molecule has 0 unspecified atom stereocenters. The molecule has 34 heavy (non-hydrogen) atoms. The van der Waals surface area contributed by atoms with Gasteiger partial charge in [0.2, 0.25) is 0 Å². The highest BCUT2D eigenvalue weighted by Gasteiger charge is 2.30. The lowest BCUT2D eigenvalue weighted by Crippen LogP contribution is -2.47. The molecule has 8 heteroatoms. The Hall–Kier alpha value is -3.78. The van der Waals surface area contributed by atoms with E-state index in [0.717, 1.165) is 31.5 Å². The second-order valence-electron chi connectivity index (χ2n) is 8.31. The number of non-ortho nitro benzene ring substituents is 1. The van der Waals surface area contributed by atoms with E-state index >= 15 is 0 Å². The van der Waals surface area contributed by atoms with Gasteiger partial charge in [-0.05, 0) is 66.9 Å². The molecule has 0 spiro atoms. The molecule has 3 aromatic rings. The topological polar surface area (TPSA) is 75.9 Å². The maximum Gasteiger partial charge on any atom is 0.269 e. The Balaban J connectivity index is 1.50. The Morgan fingerprint density at radius 2 is 1.76 bits per heavy atom. The molecule has 0 atom stereocenters. The van der Waals surface area contributed by atoms with Crippen molar-refractivity contribution < 1.29 is 18.8 Å². The Kier molecular flexibility index (Phi) is 7.18. The number of piperidine rings is 1. The van der Waals surface area contributed by atoms with E-state index in [4.69, 9.17) is 4.74 Å². The summed E-state index contributed by atoms with van der Waals surface area (Å²) in [5, 5.41) is 11.1. The maximum atomic E-state index is 13.6. The number of benzene rings is 3. The van der Waals surface area contributed by atoms with Crippen molar-refractivity contribution in [2.24, 2.45) is 0 Å². The molecule has 176 valence electrons. The van der Waals surface area contributed by atoms with Gasteiger partial charge in [0.25, 0.3) is 11.6 Å². The van der Waals surface area contributed by atoms with Crippen LogP contribution in [0.4, 0.5) is 15.8 Å². The molecule has 7 nitrogen and oxygen atoms in total. The minimum atomic E-state index is -0.388. The summed E-state index contributed by atoms with van der Waals surface area (Å²) in [7, 11) is 1.57. The Labute approximate surface area is 197 Å². The fourth-order valence-electron chi connectivity index (χ4n) is 4.33. The average molecular weight is 464 g/mol. The quantitative estimate of drug-likeness (QED) is 0.362. The van der Waals surface area contributed by atoms with Crippen molar-refractivity contribution in [2.75, 3.05) is 25.1 Å². The minimum absolute atomic E-state index is 0.0542. The Morgan fingerprint density at radius 3 is 2.38 bits per heavy atom. The van der Waals surface area contributed by atoms with Gasteiger partial charge >= 0.3 is 0 Å². The molecule has 1 aliphatic rings. The second kappa shape index (κ2) is 10.4. The van der Waals surface area contributed by atoms with Crippen LogP contribution in [0, 0.1) is 15.9 Å². The van der Waals surface area contributed by atoms with Crippen LogP contribution >= 0.6 is 0 Å².